The lowest BCUT2D eigenvalue weighted by molar-refractivity contribution is -0.131. The van der Waals surface area contributed by atoms with E-state index in [1.165, 1.54) is 22.7 Å². The number of nitrogens with zero attached hydrogens (tertiary/aromatic N) is 1. The summed E-state index contributed by atoms with van der Waals surface area (Å²) in [4.78, 5) is 28.9. The molecule has 1 unspecified atom stereocenters. The van der Waals surface area contributed by atoms with Crippen molar-refractivity contribution in [2.45, 2.75) is 37.8 Å². The zero-order valence-electron chi connectivity index (χ0n) is 13.0. The highest BCUT2D eigenvalue weighted by Gasteiger charge is 2.47. The molecule has 0 aromatic carbocycles. The van der Waals surface area contributed by atoms with Gasteiger partial charge in [0.05, 0.1) is 16.5 Å². The summed E-state index contributed by atoms with van der Waals surface area (Å²) in [6.07, 6.45) is 4.03. The minimum Gasteiger partial charge on any atom is -0.503 e. The van der Waals surface area contributed by atoms with Crippen LogP contribution in [-0.4, -0.2) is 27.7 Å². The number of rotatable bonds is 4. The topological polar surface area (TPSA) is 57.6 Å². The molecule has 2 aliphatic rings. The molecule has 0 bridgehead atoms. The van der Waals surface area contributed by atoms with Gasteiger partial charge in [-0.25, -0.2) is 0 Å². The molecule has 1 N–H and O–H groups in total. The minimum absolute atomic E-state index is 0.0976. The number of Topliss-reactive ketones (excluding diaryl/α,β-unsaturated/α-hetero) is 1. The smallest absolute Gasteiger partial charge is 0.290 e. The van der Waals surface area contributed by atoms with Gasteiger partial charge in [0, 0.05) is 10.9 Å². The van der Waals surface area contributed by atoms with Gasteiger partial charge in [-0.3, -0.25) is 9.59 Å². The van der Waals surface area contributed by atoms with E-state index >= 15 is 0 Å². The van der Waals surface area contributed by atoms with Gasteiger partial charge in [-0.2, -0.15) is 0 Å². The highest BCUT2D eigenvalue weighted by Crippen LogP contribution is 2.44. The average Bonchev–Trinajstić information content (AvgIpc) is 3.37. The molecule has 124 valence electrons. The number of carbonyl (C=O) groups excluding carboxylic acids is 2. The van der Waals surface area contributed by atoms with Gasteiger partial charge in [0.1, 0.15) is 0 Å². The molecule has 1 aliphatic carbocycles. The highest BCUT2D eigenvalue weighted by molar-refractivity contribution is 7.12. The summed E-state index contributed by atoms with van der Waals surface area (Å²) in [5.41, 5.74) is 0.233. The first-order chi connectivity index (χ1) is 11.7. The number of aliphatic hydroxyl groups excluding tert-OH is 1. The Balaban J connectivity index is 1.80. The van der Waals surface area contributed by atoms with E-state index in [0.29, 0.717) is 4.88 Å². The fourth-order valence-electron chi connectivity index (χ4n) is 3.68. The van der Waals surface area contributed by atoms with Crippen molar-refractivity contribution in [3.8, 4) is 0 Å². The third-order valence-electron chi connectivity index (χ3n) is 4.76. The minimum atomic E-state index is -0.463. The second-order valence-electron chi connectivity index (χ2n) is 6.14. The maximum absolute atomic E-state index is 12.9. The van der Waals surface area contributed by atoms with E-state index in [1.54, 1.807) is 17.0 Å². The summed E-state index contributed by atoms with van der Waals surface area (Å²) < 4.78 is 0. The second kappa shape index (κ2) is 6.18. The van der Waals surface area contributed by atoms with Crippen LogP contribution < -0.4 is 0 Å². The van der Waals surface area contributed by atoms with Gasteiger partial charge < -0.3 is 10.0 Å². The van der Waals surface area contributed by atoms with E-state index in [-0.39, 0.29) is 23.2 Å². The average molecular weight is 359 g/mol. The molecule has 1 aliphatic heterocycles. The lowest BCUT2D eigenvalue weighted by Crippen LogP contribution is -2.38. The fraction of sp³-hybridized carbons (Fsp3) is 0.333. The van der Waals surface area contributed by atoms with Crippen molar-refractivity contribution >= 4 is 34.4 Å². The summed E-state index contributed by atoms with van der Waals surface area (Å²) in [5.74, 6) is -1.02. The predicted octanol–water partition coefficient (Wildman–Crippen LogP) is 4.33. The molecule has 24 heavy (non-hydrogen) atoms. The normalized spacial score (nSPS) is 21.9. The molecule has 1 atom stereocenters. The van der Waals surface area contributed by atoms with Crippen molar-refractivity contribution in [1.29, 1.82) is 0 Å². The van der Waals surface area contributed by atoms with Crippen LogP contribution in [0.5, 0.6) is 0 Å². The molecule has 1 saturated carbocycles. The monoisotopic (exact) mass is 359 g/mol. The van der Waals surface area contributed by atoms with Crippen molar-refractivity contribution < 1.29 is 14.7 Å². The molecule has 0 spiro atoms. The Labute approximate surface area is 148 Å². The molecular weight excluding hydrogens is 342 g/mol. The SMILES string of the molecule is O=C(C1=C(O)C(=O)N(C2CCCC2)C1c1cccs1)c1cccs1. The Kier molecular flexibility index (Phi) is 4.02. The van der Waals surface area contributed by atoms with Crippen LogP contribution in [0.3, 0.4) is 0 Å². The number of aliphatic hydroxyl groups is 1. The van der Waals surface area contributed by atoms with Gasteiger partial charge in [-0.05, 0) is 35.7 Å². The molecule has 1 amide bonds. The number of hydrogen-bond donors (Lipinski definition) is 1. The van der Waals surface area contributed by atoms with Crippen LogP contribution in [0.4, 0.5) is 0 Å². The number of carbonyl (C=O) groups is 2. The second-order valence-corrected chi connectivity index (χ2v) is 8.06. The molecule has 2 aromatic rings. The van der Waals surface area contributed by atoms with Crippen molar-refractivity contribution in [3.05, 3.63) is 56.1 Å². The Morgan fingerprint density at radius 2 is 1.83 bits per heavy atom. The maximum Gasteiger partial charge on any atom is 0.290 e. The van der Waals surface area contributed by atoms with E-state index in [1.807, 2.05) is 22.9 Å². The molecule has 1 fully saturated rings. The lowest BCUT2D eigenvalue weighted by Gasteiger charge is -2.31. The lowest BCUT2D eigenvalue weighted by atomic mass is 10.00. The van der Waals surface area contributed by atoms with Crippen LogP contribution in [0.1, 0.15) is 46.3 Å². The molecule has 3 heterocycles. The van der Waals surface area contributed by atoms with E-state index in [0.717, 1.165) is 30.6 Å². The van der Waals surface area contributed by atoms with Gasteiger partial charge in [-0.1, -0.05) is 25.0 Å². The number of ketones is 1. The predicted molar refractivity (Wildman–Crippen MR) is 94.5 cm³/mol. The van der Waals surface area contributed by atoms with Crippen LogP contribution in [0, 0.1) is 0 Å². The fourth-order valence-corrected chi connectivity index (χ4v) is 5.19. The van der Waals surface area contributed by atoms with Gasteiger partial charge in [0.25, 0.3) is 5.91 Å². The molecule has 0 radical (unpaired) electrons. The number of thiophene rings is 2. The summed E-state index contributed by atoms with van der Waals surface area (Å²) in [7, 11) is 0. The molecule has 4 nitrogen and oxygen atoms in total. The molecule has 4 rings (SSSR count). The first-order valence-corrected chi connectivity index (χ1v) is 9.82. The number of hydrogen-bond acceptors (Lipinski definition) is 5. The zero-order valence-corrected chi connectivity index (χ0v) is 14.6. The quantitative estimate of drug-likeness (QED) is 0.827. The van der Waals surface area contributed by atoms with E-state index in [4.69, 9.17) is 0 Å². The highest BCUT2D eigenvalue weighted by atomic mass is 32.1. The van der Waals surface area contributed by atoms with Crippen molar-refractivity contribution in [1.82, 2.24) is 4.90 Å². The van der Waals surface area contributed by atoms with Crippen molar-refractivity contribution in [2.24, 2.45) is 0 Å². The summed E-state index contributed by atoms with van der Waals surface area (Å²) in [6.45, 7) is 0. The summed E-state index contributed by atoms with van der Waals surface area (Å²) >= 11 is 2.85. The largest absolute Gasteiger partial charge is 0.503 e. The summed E-state index contributed by atoms with van der Waals surface area (Å²) in [6, 6.07) is 7.03. The Hall–Kier alpha value is -1.92. The van der Waals surface area contributed by atoms with Gasteiger partial charge >= 0.3 is 0 Å². The van der Waals surface area contributed by atoms with Crippen LogP contribution >= 0.6 is 22.7 Å². The van der Waals surface area contributed by atoms with Crippen LogP contribution in [0.2, 0.25) is 0 Å². The Bertz CT molecular complexity index is 786. The summed E-state index contributed by atoms with van der Waals surface area (Å²) in [5, 5.41) is 14.3. The van der Waals surface area contributed by atoms with E-state index < -0.39 is 11.9 Å². The maximum atomic E-state index is 12.9. The standard InChI is InChI=1S/C18H17NO3S2/c20-16(13-8-4-10-24-13)14-15(12-7-3-9-23-12)19(18(22)17(14)21)11-5-1-2-6-11/h3-4,7-11,15,21H,1-2,5-6H2. The van der Waals surface area contributed by atoms with Crippen LogP contribution in [-0.2, 0) is 4.79 Å². The van der Waals surface area contributed by atoms with E-state index in [2.05, 4.69) is 0 Å². The van der Waals surface area contributed by atoms with Crippen molar-refractivity contribution in [3.63, 3.8) is 0 Å². The van der Waals surface area contributed by atoms with Crippen LogP contribution in [0.15, 0.2) is 46.4 Å². The van der Waals surface area contributed by atoms with E-state index in [9.17, 15) is 14.7 Å². The van der Waals surface area contributed by atoms with Gasteiger partial charge in [0.2, 0.25) is 5.78 Å². The molecule has 0 saturated heterocycles. The first kappa shape index (κ1) is 15.6. The third-order valence-corrected chi connectivity index (χ3v) is 6.56. The molecular formula is C18H17NO3S2. The molecule has 6 heteroatoms. The van der Waals surface area contributed by atoms with Crippen molar-refractivity contribution in [2.75, 3.05) is 0 Å². The number of amides is 1. The van der Waals surface area contributed by atoms with Crippen LogP contribution in [0.25, 0.3) is 0 Å². The Morgan fingerprint density at radius 1 is 1.12 bits per heavy atom. The molecule has 2 aromatic heterocycles. The first-order valence-electron chi connectivity index (χ1n) is 8.06. The Morgan fingerprint density at radius 3 is 2.46 bits per heavy atom. The van der Waals surface area contributed by atoms with Gasteiger partial charge in [0.15, 0.2) is 5.76 Å². The zero-order chi connectivity index (χ0) is 16.7. The third kappa shape index (κ3) is 2.41. The van der Waals surface area contributed by atoms with Gasteiger partial charge in [-0.15, -0.1) is 22.7 Å².